The SMILES string of the molecule is C[C@H](NC(=O)O)c1cc2cccc(Cl)c2c(=O)n1-c1cccc(F)c1. The van der Waals surface area contributed by atoms with Crippen molar-refractivity contribution in [3.05, 3.63) is 75.4 Å². The maximum absolute atomic E-state index is 13.7. The summed E-state index contributed by atoms with van der Waals surface area (Å²) in [6.07, 6.45) is -1.23. The van der Waals surface area contributed by atoms with Crippen molar-refractivity contribution in [3.63, 3.8) is 0 Å². The second-order valence-corrected chi connectivity index (χ2v) is 5.97. The molecule has 128 valence electrons. The van der Waals surface area contributed by atoms with Crippen LogP contribution in [-0.2, 0) is 0 Å². The first kappa shape index (κ1) is 17.0. The fraction of sp³-hybridized carbons (Fsp3) is 0.111. The number of halogens is 2. The molecule has 0 fully saturated rings. The predicted molar refractivity (Wildman–Crippen MR) is 94.1 cm³/mol. The largest absolute Gasteiger partial charge is 0.465 e. The van der Waals surface area contributed by atoms with Gasteiger partial charge in [0.2, 0.25) is 0 Å². The highest BCUT2D eigenvalue weighted by Gasteiger charge is 2.19. The van der Waals surface area contributed by atoms with E-state index in [4.69, 9.17) is 16.7 Å². The lowest BCUT2D eigenvalue weighted by Crippen LogP contribution is -2.31. The van der Waals surface area contributed by atoms with Crippen molar-refractivity contribution < 1.29 is 14.3 Å². The number of carbonyl (C=O) groups is 1. The average Bonchev–Trinajstić information content (AvgIpc) is 2.53. The van der Waals surface area contributed by atoms with Gasteiger partial charge in [0.15, 0.2) is 0 Å². The second kappa shape index (κ2) is 6.57. The Morgan fingerprint density at radius 1 is 1.24 bits per heavy atom. The van der Waals surface area contributed by atoms with Gasteiger partial charge in [0.05, 0.1) is 22.1 Å². The van der Waals surface area contributed by atoms with Crippen LogP contribution in [0.1, 0.15) is 18.7 Å². The van der Waals surface area contributed by atoms with Crippen molar-refractivity contribution in [1.82, 2.24) is 9.88 Å². The maximum atomic E-state index is 13.7. The van der Waals surface area contributed by atoms with Crippen LogP contribution in [0, 0.1) is 5.82 Å². The summed E-state index contributed by atoms with van der Waals surface area (Å²) in [4.78, 5) is 24.1. The molecule has 2 aromatic carbocycles. The van der Waals surface area contributed by atoms with Crippen LogP contribution >= 0.6 is 11.6 Å². The van der Waals surface area contributed by atoms with E-state index in [1.807, 2.05) is 0 Å². The van der Waals surface area contributed by atoms with Crippen molar-refractivity contribution in [2.24, 2.45) is 0 Å². The van der Waals surface area contributed by atoms with Gasteiger partial charge in [-0.2, -0.15) is 0 Å². The molecule has 25 heavy (non-hydrogen) atoms. The molecule has 5 nitrogen and oxygen atoms in total. The highest BCUT2D eigenvalue weighted by Crippen LogP contribution is 2.25. The normalized spacial score (nSPS) is 12.1. The van der Waals surface area contributed by atoms with E-state index in [1.54, 1.807) is 37.3 Å². The number of rotatable bonds is 3. The average molecular weight is 361 g/mol. The molecule has 0 saturated heterocycles. The molecule has 1 atom stereocenters. The van der Waals surface area contributed by atoms with Crippen LogP contribution in [0.15, 0.2) is 53.3 Å². The van der Waals surface area contributed by atoms with Crippen LogP contribution in [0.4, 0.5) is 9.18 Å². The topological polar surface area (TPSA) is 71.3 Å². The highest BCUT2D eigenvalue weighted by atomic mass is 35.5. The molecule has 3 rings (SSSR count). The third-order valence-corrected chi connectivity index (χ3v) is 4.19. The van der Waals surface area contributed by atoms with E-state index in [2.05, 4.69) is 5.32 Å². The maximum Gasteiger partial charge on any atom is 0.405 e. The monoisotopic (exact) mass is 360 g/mol. The van der Waals surface area contributed by atoms with Gasteiger partial charge in [0, 0.05) is 5.69 Å². The minimum Gasteiger partial charge on any atom is -0.465 e. The molecule has 0 spiro atoms. The molecular weight excluding hydrogens is 347 g/mol. The Hall–Kier alpha value is -2.86. The molecule has 0 aliphatic heterocycles. The fourth-order valence-electron chi connectivity index (χ4n) is 2.80. The van der Waals surface area contributed by atoms with Gasteiger partial charge < -0.3 is 10.4 Å². The second-order valence-electron chi connectivity index (χ2n) is 5.56. The number of carboxylic acid groups (broad SMARTS) is 1. The molecule has 3 aromatic rings. The molecule has 1 aromatic heterocycles. The number of pyridine rings is 1. The summed E-state index contributed by atoms with van der Waals surface area (Å²) in [6.45, 7) is 1.61. The number of benzene rings is 2. The Labute approximate surface area is 147 Å². The molecule has 2 N–H and O–H groups in total. The third kappa shape index (κ3) is 3.21. The number of nitrogens with zero attached hydrogens (tertiary/aromatic N) is 1. The van der Waals surface area contributed by atoms with Gasteiger partial charge in [-0.15, -0.1) is 0 Å². The first-order valence-electron chi connectivity index (χ1n) is 7.48. The van der Waals surface area contributed by atoms with Gasteiger partial charge in [-0.05, 0) is 42.6 Å². The zero-order valence-corrected chi connectivity index (χ0v) is 13.9. The fourth-order valence-corrected chi connectivity index (χ4v) is 3.06. The van der Waals surface area contributed by atoms with E-state index in [9.17, 15) is 14.0 Å². The van der Waals surface area contributed by atoms with Crippen LogP contribution in [0.3, 0.4) is 0 Å². The lowest BCUT2D eigenvalue weighted by Gasteiger charge is -2.20. The van der Waals surface area contributed by atoms with Crippen LogP contribution in [0.2, 0.25) is 5.02 Å². The molecule has 7 heteroatoms. The van der Waals surface area contributed by atoms with E-state index in [0.29, 0.717) is 22.2 Å². The zero-order chi connectivity index (χ0) is 18.1. The Balaban J connectivity index is 2.38. The minimum absolute atomic E-state index is 0.276. The summed E-state index contributed by atoms with van der Waals surface area (Å²) in [5, 5.41) is 12.5. The number of nitrogens with one attached hydrogen (secondary N) is 1. The third-order valence-electron chi connectivity index (χ3n) is 3.87. The van der Waals surface area contributed by atoms with Crippen molar-refractivity contribution >= 4 is 28.5 Å². The number of hydrogen-bond acceptors (Lipinski definition) is 2. The summed E-state index contributed by atoms with van der Waals surface area (Å²) in [6, 6.07) is 11.5. The first-order valence-corrected chi connectivity index (χ1v) is 7.86. The smallest absolute Gasteiger partial charge is 0.405 e. The van der Waals surface area contributed by atoms with Crippen LogP contribution in [0.25, 0.3) is 16.5 Å². The first-order chi connectivity index (χ1) is 11.9. The molecule has 0 bridgehead atoms. The van der Waals surface area contributed by atoms with Crippen LogP contribution in [-0.4, -0.2) is 15.8 Å². The van der Waals surface area contributed by atoms with Crippen molar-refractivity contribution in [3.8, 4) is 5.69 Å². The quantitative estimate of drug-likeness (QED) is 0.738. The summed E-state index contributed by atoms with van der Waals surface area (Å²) in [5.74, 6) is -0.506. The molecule has 0 radical (unpaired) electrons. The Morgan fingerprint density at radius 2 is 1.96 bits per heavy atom. The lowest BCUT2D eigenvalue weighted by atomic mass is 10.1. The van der Waals surface area contributed by atoms with Gasteiger partial charge in [-0.3, -0.25) is 9.36 Å². The Morgan fingerprint density at radius 3 is 2.64 bits per heavy atom. The summed E-state index contributed by atoms with van der Waals surface area (Å²) < 4.78 is 14.9. The molecule has 1 heterocycles. The number of amides is 1. The minimum atomic E-state index is -1.23. The van der Waals surface area contributed by atoms with E-state index in [1.165, 1.54) is 22.8 Å². The molecule has 0 saturated carbocycles. The lowest BCUT2D eigenvalue weighted by molar-refractivity contribution is 0.190. The molecule has 0 aliphatic rings. The van der Waals surface area contributed by atoms with E-state index >= 15 is 0 Å². The summed E-state index contributed by atoms with van der Waals surface area (Å²) in [7, 11) is 0. The zero-order valence-electron chi connectivity index (χ0n) is 13.2. The number of aromatic nitrogens is 1. The molecular formula is C18H14ClFN2O3. The number of fused-ring (bicyclic) bond motifs is 1. The van der Waals surface area contributed by atoms with Crippen LogP contribution in [0.5, 0.6) is 0 Å². The van der Waals surface area contributed by atoms with Gasteiger partial charge in [-0.25, -0.2) is 9.18 Å². The Bertz CT molecular complexity index is 1030. The van der Waals surface area contributed by atoms with Crippen molar-refractivity contribution in [2.45, 2.75) is 13.0 Å². The highest BCUT2D eigenvalue weighted by molar-refractivity contribution is 6.35. The molecule has 0 aliphatic carbocycles. The van der Waals surface area contributed by atoms with E-state index < -0.39 is 23.5 Å². The molecule has 1 amide bonds. The standard InChI is InChI=1S/C18H14ClFN2O3/c1-10(21-18(24)25)15-8-11-4-2-7-14(19)16(11)17(23)22(15)13-6-3-5-12(20)9-13/h2-10,21H,1H3,(H,24,25)/t10-/m0/s1. The van der Waals surface area contributed by atoms with Gasteiger partial charge in [-0.1, -0.05) is 29.8 Å². The van der Waals surface area contributed by atoms with E-state index in [0.717, 1.165) is 0 Å². The van der Waals surface area contributed by atoms with Crippen LogP contribution < -0.4 is 10.9 Å². The van der Waals surface area contributed by atoms with Crippen molar-refractivity contribution in [2.75, 3.05) is 0 Å². The predicted octanol–water partition coefficient (Wildman–Crippen LogP) is 4.11. The van der Waals surface area contributed by atoms with Gasteiger partial charge in [0.1, 0.15) is 5.82 Å². The summed E-state index contributed by atoms with van der Waals surface area (Å²) in [5.41, 5.74) is 0.233. The Kier molecular flexibility index (Phi) is 4.46. The summed E-state index contributed by atoms with van der Waals surface area (Å²) >= 11 is 6.17. The molecule has 0 unspecified atom stereocenters. The van der Waals surface area contributed by atoms with Crippen molar-refractivity contribution in [1.29, 1.82) is 0 Å². The van der Waals surface area contributed by atoms with Gasteiger partial charge >= 0.3 is 6.09 Å². The number of hydrogen-bond donors (Lipinski definition) is 2. The van der Waals surface area contributed by atoms with E-state index in [-0.39, 0.29) is 5.02 Å². The van der Waals surface area contributed by atoms with Gasteiger partial charge in [0.25, 0.3) is 5.56 Å².